The number of aromatic nitrogens is 1. The van der Waals surface area contributed by atoms with E-state index in [0.717, 1.165) is 5.56 Å². The van der Waals surface area contributed by atoms with E-state index in [1.54, 1.807) is 53.8 Å². The zero-order chi connectivity index (χ0) is 17.5. The van der Waals surface area contributed by atoms with Crippen molar-refractivity contribution in [1.29, 1.82) is 0 Å². The second kappa shape index (κ2) is 8.02. The SMILES string of the molecule is CCOC(=O)c1ccc(C#CCN(C)C(=O)c2cccn2C)cc1. The number of esters is 1. The van der Waals surface area contributed by atoms with Crippen LogP contribution in [0, 0.1) is 11.8 Å². The summed E-state index contributed by atoms with van der Waals surface area (Å²) in [6, 6.07) is 10.5. The lowest BCUT2D eigenvalue weighted by Crippen LogP contribution is -2.28. The number of benzene rings is 1. The molecule has 5 nitrogen and oxygen atoms in total. The van der Waals surface area contributed by atoms with Crippen molar-refractivity contribution in [2.24, 2.45) is 7.05 Å². The highest BCUT2D eigenvalue weighted by atomic mass is 16.5. The summed E-state index contributed by atoms with van der Waals surface area (Å²) in [4.78, 5) is 25.4. The first-order chi connectivity index (χ1) is 11.5. The molecule has 0 aliphatic rings. The van der Waals surface area contributed by atoms with Gasteiger partial charge in [-0.2, -0.15) is 0 Å². The molecule has 24 heavy (non-hydrogen) atoms. The van der Waals surface area contributed by atoms with Crippen molar-refractivity contribution in [2.75, 3.05) is 20.2 Å². The number of aryl methyl sites for hydroxylation is 1. The van der Waals surface area contributed by atoms with Gasteiger partial charge in [-0.3, -0.25) is 4.79 Å². The number of amides is 1. The van der Waals surface area contributed by atoms with Crippen molar-refractivity contribution in [3.05, 3.63) is 59.4 Å². The van der Waals surface area contributed by atoms with Crippen LogP contribution in [-0.2, 0) is 11.8 Å². The Labute approximate surface area is 141 Å². The van der Waals surface area contributed by atoms with Crippen LogP contribution in [0.4, 0.5) is 0 Å². The second-order valence-corrected chi connectivity index (χ2v) is 5.27. The molecule has 0 fully saturated rings. The monoisotopic (exact) mass is 324 g/mol. The molecule has 2 aromatic rings. The highest BCUT2D eigenvalue weighted by Gasteiger charge is 2.12. The normalized spacial score (nSPS) is 9.79. The Morgan fingerprint density at radius 3 is 2.50 bits per heavy atom. The first-order valence-corrected chi connectivity index (χ1v) is 7.65. The van der Waals surface area contributed by atoms with E-state index >= 15 is 0 Å². The fourth-order valence-electron chi connectivity index (χ4n) is 2.11. The number of hydrogen-bond donors (Lipinski definition) is 0. The van der Waals surface area contributed by atoms with E-state index in [4.69, 9.17) is 4.74 Å². The van der Waals surface area contributed by atoms with E-state index in [1.807, 2.05) is 19.3 Å². The minimum absolute atomic E-state index is 0.0746. The maximum absolute atomic E-state index is 12.2. The maximum atomic E-state index is 12.2. The van der Waals surface area contributed by atoms with E-state index < -0.39 is 0 Å². The molecule has 2 rings (SSSR count). The standard InChI is InChI=1S/C19H20N2O3/c1-4-24-19(23)16-11-9-15(10-12-16)7-5-14-21(3)18(22)17-8-6-13-20(17)2/h6,8-13H,4,14H2,1-3H3. The average molecular weight is 324 g/mol. The molecule has 1 amide bonds. The van der Waals surface area contributed by atoms with Gasteiger partial charge in [0.05, 0.1) is 18.7 Å². The van der Waals surface area contributed by atoms with Crippen LogP contribution in [0.3, 0.4) is 0 Å². The lowest BCUT2D eigenvalue weighted by molar-refractivity contribution is 0.0526. The Balaban J connectivity index is 1.96. The summed E-state index contributed by atoms with van der Waals surface area (Å²) >= 11 is 0. The van der Waals surface area contributed by atoms with Gasteiger partial charge in [0.1, 0.15) is 5.69 Å². The van der Waals surface area contributed by atoms with E-state index in [9.17, 15) is 9.59 Å². The van der Waals surface area contributed by atoms with E-state index in [2.05, 4.69) is 11.8 Å². The molecule has 0 spiro atoms. The zero-order valence-electron chi connectivity index (χ0n) is 14.1. The third kappa shape index (κ3) is 4.26. The van der Waals surface area contributed by atoms with Gasteiger partial charge in [0.25, 0.3) is 5.91 Å². The molecule has 0 N–H and O–H groups in total. The van der Waals surface area contributed by atoms with Crippen LogP contribution in [0.1, 0.15) is 33.3 Å². The quantitative estimate of drug-likeness (QED) is 0.641. The molecule has 1 aromatic carbocycles. The smallest absolute Gasteiger partial charge is 0.338 e. The summed E-state index contributed by atoms with van der Waals surface area (Å²) in [5.41, 5.74) is 1.90. The number of nitrogens with zero attached hydrogens (tertiary/aromatic N) is 2. The maximum Gasteiger partial charge on any atom is 0.338 e. The van der Waals surface area contributed by atoms with Gasteiger partial charge in [-0.1, -0.05) is 11.8 Å². The van der Waals surface area contributed by atoms with Crippen LogP contribution in [0.5, 0.6) is 0 Å². The highest BCUT2D eigenvalue weighted by Crippen LogP contribution is 2.06. The Bertz CT molecular complexity index is 779. The minimum atomic E-state index is -0.343. The van der Waals surface area contributed by atoms with Gasteiger partial charge in [0.15, 0.2) is 0 Å². The minimum Gasteiger partial charge on any atom is -0.462 e. The summed E-state index contributed by atoms with van der Waals surface area (Å²) in [7, 11) is 3.55. The average Bonchev–Trinajstić information content (AvgIpc) is 3.01. The van der Waals surface area contributed by atoms with Crippen molar-refractivity contribution >= 4 is 11.9 Å². The molecule has 0 saturated heterocycles. The highest BCUT2D eigenvalue weighted by molar-refractivity contribution is 5.92. The van der Waals surface area contributed by atoms with Crippen molar-refractivity contribution < 1.29 is 14.3 Å². The Morgan fingerprint density at radius 2 is 1.92 bits per heavy atom. The summed E-state index contributed by atoms with van der Waals surface area (Å²) < 4.78 is 6.71. The molecule has 0 aliphatic heterocycles. The van der Waals surface area contributed by atoms with E-state index in [1.165, 1.54) is 0 Å². The fraction of sp³-hybridized carbons (Fsp3) is 0.263. The number of rotatable bonds is 4. The van der Waals surface area contributed by atoms with Gasteiger partial charge < -0.3 is 14.2 Å². The number of ether oxygens (including phenoxy) is 1. The molecule has 0 aliphatic carbocycles. The van der Waals surface area contributed by atoms with Gasteiger partial charge in [0, 0.05) is 25.9 Å². The summed E-state index contributed by atoms with van der Waals surface area (Å²) in [6.07, 6.45) is 1.83. The van der Waals surface area contributed by atoms with Crippen LogP contribution in [-0.4, -0.2) is 41.5 Å². The molecular weight excluding hydrogens is 304 g/mol. The third-order valence-corrected chi connectivity index (χ3v) is 3.45. The van der Waals surface area contributed by atoms with Crippen molar-refractivity contribution in [3.8, 4) is 11.8 Å². The van der Waals surface area contributed by atoms with Gasteiger partial charge in [-0.25, -0.2) is 4.79 Å². The first-order valence-electron chi connectivity index (χ1n) is 7.65. The predicted molar refractivity (Wildman–Crippen MR) is 91.7 cm³/mol. The lowest BCUT2D eigenvalue weighted by atomic mass is 10.1. The fourth-order valence-corrected chi connectivity index (χ4v) is 2.11. The lowest BCUT2D eigenvalue weighted by Gasteiger charge is -2.14. The largest absolute Gasteiger partial charge is 0.462 e. The summed E-state index contributed by atoms with van der Waals surface area (Å²) in [6.45, 7) is 2.44. The van der Waals surface area contributed by atoms with Crippen LogP contribution in [0.15, 0.2) is 42.6 Å². The van der Waals surface area contributed by atoms with E-state index in [0.29, 0.717) is 24.4 Å². The molecule has 1 heterocycles. The third-order valence-electron chi connectivity index (χ3n) is 3.45. The van der Waals surface area contributed by atoms with Crippen molar-refractivity contribution in [3.63, 3.8) is 0 Å². The molecule has 5 heteroatoms. The number of hydrogen-bond acceptors (Lipinski definition) is 3. The second-order valence-electron chi connectivity index (χ2n) is 5.27. The van der Waals surface area contributed by atoms with Gasteiger partial charge in [0.2, 0.25) is 0 Å². The van der Waals surface area contributed by atoms with Crippen LogP contribution in [0.2, 0.25) is 0 Å². The van der Waals surface area contributed by atoms with Crippen LogP contribution in [0.25, 0.3) is 0 Å². The molecule has 0 saturated carbocycles. The molecule has 0 atom stereocenters. The number of carbonyl (C=O) groups is 2. The summed E-state index contributed by atoms with van der Waals surface area (Å²) in [5, 5.41) is 0. The Hall–Kier alpha value is -3.00. The Morgan fingerprint density at radius 1 is 1.21 bits per heavy atom. The van der Waals surface area contributed by atoms with E-state index in [-0.39, 0.29) is 11.9 Å². The molecule has 124 valence electrons. The van der Waals surface area contributed by atoms with Crippen molar-refractivity contribution in [1.82, 2.24) is 9.47 Å². The molecule has 0 bridgehead atoms. The molecule has 1 aromatic heterocycles. The Kier molecular flexibility index (Phi) is 5.80. The first kappa shape index (κ1) is 17.4. The summed E-state index contributed by atoms with van der Waals surface area (Å²) in [5.74, 6) is 5.54. The molecule has 0 unspecified atom stereocenters. The van der Waals surface area contributed by atoms with Crippen LogP contribution < -0.4 is 0 Å². The topological polar surface area (TPSA) is 51.5 Å². The predicted octanol–water partition coefficient (Wildman–Crippen LogP) is 2.33. The van der Waals surface area contributed by atoms with Crippen LogP contribution >= 0.6 is 0 Å². The molecular formula is C19H20N2O3. The van der Waals surface area contributed by atoms with Gasteiger partial charge >= 0.3 is 5.97 Å². The molecule has 0 radical (unpaired) electrons. The van der Waals surface area contributed by atoms with Gasteiger partial charge in [-0.15, -0.1) is 0 Å². The van der Waals surface area contributed by atoms with Crippen molar-refractivity contribution in [2.45, 2.75) is 6.92 Å². The van der Waals surface area contributed by atoms with Gasteiger partial charge in [-0.05, 0) is 43.3 Å². The number of carbonyl (C=O) groups excluding carboxylic acids is 2. The zero-order valence-corrected chi connectivity index (χ0v) is 14.1.